The first-order chi connectivity index (χ1) is 12.6. The van der Waals surface area contributed by atoms with Gasteiger partial charge in [0.25, 0.3) is 0 Å². The summed E-state index contributed by atoms with van der Waals surface area (Å²) in [5.41, 5.74) is 1.06. The largest absolute Gasteiger partial charge is 0.463 e. The van der Waals surface area contributed by atoms with Gasteiger partial charge in [-0.3, -0.25) is 0 Å². The number of aromatic nitrogens is 3. The minimum atomic E-state index is -0.398. The van der Waals surface area contributed by atoms with Crippen LogP contribution >= 0.6 is 11.8 Å². The fourth-order valence-electron chi connectivity index (χ4n) is 3.21. The smallest absolute Gasteiger partial charge is 0.337 e. The Morgan fingerprint density at radius 3 is 2.73 bits per heavy atom. The molecule has 2 saturated carbocycles. The topological polar surface area (TPSA) is 98.1 Å². The number of esters is 1. The van der Waals surface area contributed by atoms with Crippen LogP contribution in [-0.4, -0.2) is 45.2 Å². The highest BCUT2D eigenvalue weighted by molar-refractivity contribution is 7.99. The van der Waals surface area contributed by atoms with Crippen LogP contribution in [0.3, 0.4) is 0 Å². The number of ether oxygens (including phenoxy) is 1. The molecule has 0 bridgehead atoms. The standard InChI is InChI=1S/C17H23N5O3S/c1-3-25-15(23)13-9(2)18-16(24)19-12(13)8-26-17-21-20-14(10-4-5-10)22(17)11-6-7-11/h9-11H,3-8H2,1-2H3,(H2,18,19,24)/t9-/m1/s1. The first-order valence-electron chi connectivity index (χ1n) is 9.13. The van der Waals surface area contributed by atoms with Crippen molar-refractivity contribution in [2.45, 2.75) is 62.7 Å². The molecule has 3 aliphatic rings. The molecule has 0 aromatic carbocycles. The second-order valence-electron chi connectivity index (χ2n) is 6.94. The lowest BCUT2D eigenvalue weighted by atomic mass is 10.1. The summed E-state index contributed by atoms with van der Waals surface area (Å²) < 4.78 is 7.42. The third kappa shape index (κ3) is 3.44. The molecule has 1 aliphatic heterocycles. The van der Waals surface area contributed by atoms with Crippen LogP contribution in [0.15, 0.2) is 16.4 Å². The predicted octanol–water partition coefficient (Wildman–Crippen LogP) is 2.10. The van der Waals surface area contributed by atoms with Gasteiger partial charge in [-0.2, -0.15) is 0 Å². The van der Waals surface area contributed by atoms with Crippen molar-refractivity contribution in [3.8, 4) is 0 Å². The molecule has 8 nitrogen and oxygen atoms in total. The van der Waals surface area contributed by atoms with Gasteiger partial charge in [0.1, 0.15) is 5.82 Å². The third-order valence-electron chi connectivity index (χ3n) is 4.76. The zero-order chi connectivity index (χ0) is 18.3. The van der Waals surface area contributed by atoms with Gasteiger partial charge in [-0.15, -0.1) is 10.2 Å². The predicted molar refractivity (Wildman–Crippen MR) is 95.8 cm³/mol. The summed E-state index contributed by atoms with van der Waals surface area (Å²) in [6, 6.07) is -0.187. The summed E-state index contributed by atoms with van der Waals surface area (Å²) in [6.07, 6.45) is 4.71. The highest BCUT2D eigenvalue weighted by Crippen LogP contribution is 2.46. The molecular formula is C17H23N5O3S. The molecule has 2 N–H and O–H groups in total. The highest BCUT2D eigenvalue weighted by Gasteiger charge is 2.37. The van der Waals surface area contributed by atoms with Crippen molar-refractivity contribution in [1.82, 2.24) is 25.4 Å². The quantitative estimate of drug-likeness (QED) is 0.558. The van der Waals surface area contributed by atoms with Crippen molar-refractivity contribution < 1.29 is 14.3 Å². The Morgan fingerprint density at radius 1 is 1.31 bits per heavy atom. The van der Waals surface area contributed by atoms with Gasteiger partial charge in [0, 0.05) is 23.4 Å². The minimum absolute atomic E-state index is 0.296. The van der Waals surface area contributed by atoms with E-state index >= 15 is 0 Å². The molecule has 140 valence electrons. The molecular weight excluding hydrogens is 354 g/mol. The summed E-state index contributed by atoms with van der Waals surface area (Å²) in [7, 11) is 0. The van der Waals surface area contributed by atoms with Gasteiger partial charge >= 0.3 is 12.0 Å². The lowest BCUT2D eigenvalue weighted by molar-refractivity contribution is -0.138. The number of nitrogens with one attached hydrogen (secondary N) is 2. The van der Waals surface area contributed by atoms with Crippen LogP contribution in [0, 0.1) is 0 Å². The zero-order valence-corrected chi connectivity index (χ0v) is 15.8. The molecule has 26 heavy (non-hydrogen) atoms. The normalized spacial score (nSPS) is 22.8. The van der Waals surface area contributed by atoms with Crippen LogP contribution < -0.4 is 10.6 Å². The van der Waals surface area contributed by atoms with E-state index in [9.17, 15) is 9.59 Å². The molecule has 2 fully saturated rings. The first-order valence-corrected chi connectivity index (χ1v) is 10.1. The van der Waals surface area contributed by atoms with Crippen molar-refractivity contribution in [3.05, 3.63) is 17.1 Å². The molecule has 9 heteroatoms. The van der Waals surface area contributed by atoms with Crippen LogP contribution in [0.4, 0.5) is 4.79 Å². The Labute approximate surface area is 156 Å². The monoisotopic (exact) mass is 377 g/mol. The summed E-state index contributed by atoms with van der Waals surface area (Å²) in [5, 5.41) is 15.1. The molecule has 2 heterocycles. The van der Waals surface area contributed by atoms with Crippen LogP contribution in [0.2, 0.25) is 0 Å². The van der Waals surface area contributed by atoms with Gasteiger partial charge in [0.05, 0.1) is 18.2 Å². The summed E-state index contributed by atoms with van der Waals surface area (Å²) in [6.45, 7) is 3.85. The third-order valence-corrected chi connectivity index (χ3v) is 5.73. The average Bonchev–Trinajstić information content (AvgIpc) is 3.51. The Bertz CT molecular complexity index is 766. The van der Waals surface area contributed by atoms with Gasteiger partial charge in [-0.05, 0) is 39.5 Å². The molecule has 0 spiro atoms. The lowest BCUT2D eigenvalue weighted by Crippen LogP contribution is -2.49. The maximum atomic E-state index is 12.3. The highest BCUT2D eigenvalue weighted by atomic mass is 32.2. The summed E-state index contributed by atoms with van der Waals surface area (Å²) in [4.78, 5) is 24.2. The molecule has 0 radical (unpaired) electrons. The number of carbonyl (C=O) groups excluding carboxylic acids is 2. The number of hydrogen-bond acceptors (Lipinski definition) is 6. The summed E-state index contributed by atoms with van der Waals surface area (Å²) >= 11 is 1.51. The Morgan fingerprint density at radius 2 is 2.08 bits per heavy atom. The van der Waals surface area contributed by atoms with Crippen molar-refractivity contribution in [1.29, 1.82) is 0 Å². The van der Waals surface area contributed by atoms with Crippen molar-refractivity contribution in [3.63, 3.8) is 0 Å². The second kappa shape index (κ2) is 6.94. The van der Waals surface area contributed by atoms with Crippen molar-refractivity contribution >= 4 is 23.8 Å². The molecule has 0 unspecified atom stereocenters. The van der Waals surface area contributed by atoms with Crippen LogP contribution in [-0.2, 0) is 9.53 Å². The van der Waals surface area contributed by atoms with E-state index in [1.54, 1.807) is 13.8 Å². The summed E-state index contributed by atoms with van der Waals surface area (Å²) in [5.74, 6) is 1.69. The Hall–Kier alpha value is -2.03. The van der Waals surface area contributed by atoms with E-state index < -0.39 is 5.97 Å². The lowest BCUT2D eigenvalue weighted by Gasteiger charge is -2.26. The van der Waals surface area contributed by atoms with Gasteiger partial charge < -0.3 is 19.9 Å². The maximum absolute atomic E-state index is 12.3. The minimum Gasteiger partial charge on any atom is -0.463 e. The van der Waals surface area contributed by atoms with E-state index in [0.29, 0.717) is 35.6 Å². The van der Waals surface area contributed by atoms with E-state index in [-0.39, 0.29) is 12.1 Å². The number of urea groups is 1. The van der Waals surface area contributed by atoms with Crippen LogP contribution in [0.5, 0.6) is 0 Å². The molecule has 2 amide bonds. The SMILES string of the molecule is CCOC(=O)C1=C(CSc2nnc(C3CC3)n2C2CC2)NC(=O)N[C@@H]1C. The maximum Gasteiger partial charge on any atom is 0.337 e. The number of rotatable bonds is 7. The fourth-order valence-corrected chi connectivity index (χ4v) is 4.19. The Kier molecular flexibility index (Phi) is 4.64. The van der Waals surface area contributed by atoms with Crippen LogP contribution in [0.1, 0.15) is 57.3 Å². The van der Waals surface area contributed by atoms with Crippen molar-refractivity contribution in [2.75, 3.05) is 12.4 Å². The van der Waals surface area contributed by atoms with Gasteiger partial charge in [-0.1, -0.05) is 11.8 Å². The molecule has 0 saturated heterocycles. The first kappa shape index (κ1) is 17.4. The second-order valence-corrected chi connectivity index (χ2v) is 7.88. The van der Waals surface area contributed by atoms with Crippen LogP contribution in [0.25, 0.3) is 0 Å². The van der Waals surface area contributed by atoms with E-state index in [1.165, 1.54) is 37.4 Å². The van der Waals surface area contributed by atoms with Gasteiger partial charge in [0.2, 0.25) is 0 Å². The number of thioether (sulfide) groups is 1. The van der Waals surface area contributed by atoms with E-state index in [2.05, 4.69) is 25.4 Å². The fraction of sp³-hybridized carbons (Fsp3) is 0.647. The number of nitrogens with zero attached hydrogens (tertiary/aromatic N) is 3. The molecule has 4 rings (SSSR count). The molecule has 1 aromatic heterocycles. The van der Waals surface area contributed by atoms with Gasteiger partial charge in [-0.25, -0.2) is 9.59 Å². The number of amides is 2. The molecule has 1 atom stereocenters. The van der Waals surface area contributed by atoms with Crippen molar-refractivity contribution in [2.24, 2.45) is 0 Å². The molecule has 2 aliphatic carbocycles. The average molecular weight is 377 g/mol. The van der Waals surface area contributed by atoms with E-state index in [1.807, 2.05) is 0 Å². The number of hydrogen-bond donors (Lipinski definition) is 2. The van der Waals surface area contributed by atoms with E-state index in [4.69, 9.17) is 4.74 Å². The zero-order valence-electron chi connectivity index (χ0n) is 14.9. The van der Waals surface area contributed by atoms with Gasteiger partial charge in [0.15, 0.2) is 5.16 Å². The molecule has 1 aromatic rings. The Balaban J connectivity index is 1.56. The van der Waals surface area contributed by atoms with E-state index in [0.717, 1.165) is 11.0 Å². The number of carbonyl (C=O) groups is 2.